The van der Waals surface area contributed by atoms with Crippen LogP contribution in [0.1, 0.15) is 39.5 Å². The Bertz CT molecular complexity index is 971. The van der Waals surface area contributed by atoms with Crippen LogP contribution in [0.15, 0.2) is 72.8 Å². The van der Waals surface area contributed by atoms with Crippen LogP contribution in [-0.4, -0.2) is 36.5 Å². The van der Waals surface area contributed by atoms with E-state index < -0.39 is 13.3 Å². The normalized spacial score (nSPS) is 33.9. The first-order chi connectivity index (χ1) is 15.9. The molecular weight excluding hydrogens is 444 g/mol. The maximum atomic E-state index is 13.0. The molecule has 2 aliphatic heterocycles. The zero-order valence-corrected chi connectivity index (χ0v) is 21.6. The molecule has 2 bridgehead atoms. The molecule has 2 aromatic rings. The number of rotatable bonds is 6. The van der Waals surface area contributed by atoms with Gasteiger partial charge >= 0.3 is 0 Å². The summed E-state index contributed by atoms with van der Waals surface area (Å²) in [5.74, 6) is 0.129. The molecule has 1 saturated heterocycles. The highest BCUT2D eigenvalue weighted by atomic mass is 32.2. The molecule has 6 atom stereocenters. The number of Topliss-reactive ketones (excluding diaryl/α,β-unsaturated/α-hetero) is 1. The SMILES string of the molecule is C[C@@H]1C(=O)[C@@H](C)[C@]2(S[C@@H]3CCCC[C@H]3O[Si](C)(c3ccccc3)c3ccccc3)C=C[C@H]1O2. The molecule has 5 heteroatoms. The van der Waals surface area contributed by atoms with Crippen LogP contribution in [-0.2, 0) is 14.0 Å². The lowest BCUT2D eigenvalue weighted by atomic mass is 9.87. The fourth-order valence-electron chi connectivity index (χ4n) is 5.65. The van der Waals surface area contributed by atoms with Crippen LogP contribution >= 0.6 is 11.8 Å². The van der Waals surface area contributed by atoms with Crippen molar-refractivity contribution in [3.63, 3.8) is 0 Å². The van der Waals surface area contributed by atoms with Crippen LogP contribution in [0.3, 0.4) is 0 Å². The Kier molecular flexibility index (Phi) is 6.42. The molecule has 0 N–H and O–H groups in total. The summed E-state index contributed by atoms with van der Waals surface area (Å²) >= 11 is 1.85. The van der Waals surface area contributed by atoms with Crippen molar-refractivity contribution in [3.05, 3.63) is 72.8 Å². The molecule has 3 nitrogen and oxygen atoms in total. The average molecular weight is 479 g/mol. The Morgan fingerprint density at radius 3 is 2.21 bits per heavy atom. The van der Waals surface area contributed by atoms with Gasteiger partial charge in [-0.25, -0.2) is 0 Å². The zero-order valence-electron chi connectivity index (χ0n) is 19.8. The standard InChI is InChI=1S/C28H34O3SSi/c1-20-24-18-19-28(30-24,21(2)27(20)29)32-26-17-11-10-16-25(26)31-33(3,22-12-6-4-7-13-22)23-14-8-5-9-15-23/h4-9,12-15,18-21,24-26H,10-11,16-17H2,1-3H3/t20-,21+,24+,25+,26+,28+/m0/s1. The molecule has 1 saturated carbocycles. The summed E-state index contributed by atoms with van der Waals surface area (Å²) in [6.07, 6.45) is 8.90. The van der Waals surface area contributed by atoms with Gasteiger partial charge in [0.25, 0.3) is 8.32 Å². The van der Waals surface area contributed by atoms with Crippen molar-refractivity contribution in [3.8, 4) is 0 Å². The third-order valence-corrected chi connectivity index (χ3v) is 13.3. The molecule has 174 valence electrons. The van der Waals surface area contributed by atoms with E-state index in [-0.39, 0.29) is 24.0 Å². The molecular formula is C28H34O3SSi. The predicted octanol–water partition coefficient (Wildman–Crippen LogP) is 4.94. The highest BCUT2D eigenvalue weighted by Gasteiger charge is 2.54. The van der Waals surface area contributed by atoms with Crippen LogP contribution < -0.4 is 10.4 Å². The summed E-state index contributed by atoms with van der Waals surface area (Å²) in [7, 11) is -2.40. The van der Waals surface area contributed by atoms with Crippen LogP contribution in [0.4, 0.5) is 0 Å². The number of thioether (sulfide) groups is 1. The van der Waals surface area contributed by atoms with Crippen LogP contribution in [0, 0.1) is 11.8 Å². The highest BCUT2D eigenvalue weighted by Crippen LogP contribution is 2.51. The van der Waals surface area contributed by atoms with Crippen molar-refractivity contribution in [1.29, 1.82) is 0 Å². The lowest BCUT2D eigenvalue weighted by Crippen LogP contribution is -2.61. The van der Waals surface area contributed by atoms with Gasteiger partial charge in [0.2, 0.25) is 0 Å². The third-order valence-electron chi connectivity index (χ3n) is 7.82. The second kappa shape index (κ2) is 9.18. The largest absolute Gasteiger partial charge is 0.404 e. The number of benzene rings is 2. The number of hydrogen-bond donors (Lipinski definition) is 0. The van der Waals surface area contributed by atoms with Gasteiger partial charge in [0.1, 0.15) is 10.7 Å². The van der Waals surface area contributed by atoms with Gasteiger partial charge in [-0.1, -0.05) is 93.4 Å². The monoisotopic (exact) mass is 478 g/mol. The molecule has 5 rings (SSSR count). The number of ketones is 1. The van der Waals surface area contributed by atoms with Gasteiger partial charge < -0.3 is 9.16 Å². The van der Waals surface area contributed by atoms with E-state index in [0.717, 1.165) is 12.8 Å². The van der Waals surface area contributed by atoms with E-state index in [0.29, 0.717) is 11.0 Å². The first-order valence-corrected chi connectivity index (χ1v) is 15.6. The molecule has 1 aliphatic carbocycles. The minimum Gasteiger partial charge on any atom is -0.404 e. The quantitative estimate of drug-likeness (QED) is 0.435. The van der Waals surface area contributed by atoms with Gasteiger partial charge in [0.05, 0.1) is 18.1 Å². The van der Waals surface area contributed by atoms with Crippen molar-refractivity contribution in [2.75, 3.05) is 0 Å². The maximum Gasteiger partial charge on any atom is 0.253 e. The first-order valence-electron chi connectivity index (χ1n) is 12.3. The van der Waals surface area contributed by atoms with E-state index in [1.807, 2.05) is 25.6 Å². The van der Waals surface area contributed by atoms with E-state index in [2.05, 4.69) is 79.4 Å². The number of hydrogen-bond acceptors (Lipinski definition) is 4. The molecule has 0 radical (unpaired) electrons. The lowest BCUT2D eigenvalue weighted by molar-refractivity contribution is -0.146. The number of carbonyl (C=O) groups excluding carboxylic acids is 1. The predicted molar refractivity (Wildman–Crippen MR) is 139 cm³/mol. The topological polar surface area (TPSA) is 35.5 Å². The lowest BCUT2D eigenvalue weighted by Gasteiger charge is -2.45. The second-order valence-electron chi connectivity index (χ2n) is 9.94. The van der Waals surface area contributed by atoms with E-state index in [1.54, 1.807) is 0 Å². The summed E-state index contributed by atoms with van der Waals surface area (Å²) in [6.45, 7) is 6.38. The molecule has 0 aromatic heterocycles. The minimum atomic E-state index is -2.40. The Balaban J connectivity index is 1.44. The molecule has 2 heterocycles. The Hall–Kier alpha value is -1.66. The van der Waals surface area contributed by atoms with Gasteiger partial charge in [-0.05, 0) is 35.8 Å². The maximum absolute atomic E-state index is 13.0. The Morgan fingerprint density at radius 1 is 0.970 bits per heavy atom. The van der Waals surface area contributed by atoms with Crippen molar-refractivity contribution in [2.45, 2.75) is 68.5 Å². The average Bonchev–Trinajstić information content (AvgIpc) is 3.26. The van der Waals surface area contributed by atoms with Crippen molar-refractivity contribution < 1.29 is 14.0 Å². The number of carbonyl (C=O) groups is 1. The number of fused-ring (bicyclic) bond motifs is 2. The van der Waals surface area contributed by atoms with E-state index in [1.165, 1.54) is 23.2 Å². The Labute approximate surface area is 203 Å². The summed E-state index contributed by atoms with van der Waals surface area (Å²) < 4.78 is 13.8. The Morgan fingerprint density at radius 2 is 1.58 bits per heavy atom. The van der Waals surface area contributed by atoms with Gasteiger partial charge in [-0.2, -0.15) is 0 Å². The molecule has 2 aromatic carbocycles. The fourth-order valence-corrected chi connectivity index (χ4v) is 10.6. The summed E-state index contributed by atoms with van der Waals surface area (Å²) in [6, 6.07) is 21.5. The third kappa shape index (κ3) is 4.18. The van der Waals surface area contributed by atoms with E-state index >= 15 is 0 Å². The van der Waals surface area contributed by atoms with Crippen LogP contribution in [0.25, 0.3) is 0 Å². The van der Waals surface area contributed by atoms with Crippen LogP contribution in [0.5, 0.6) is 0 Å². The van der Waals surface area contributed by atoms with Gasteiger partial charge in [-0.3, -0.25) is 4.79 Å². The van der Waals surface area contributed by atoms with Gasteiger partial charge in [-0.15, -0.1) is 11.8 Å². The summed E-state index contributed by atoms with van der Waals surface area (Å²) in [5.41, 5.74) is 0. The smallest absolute Gasteiger partial charge is 0.253 e. The van der Waals surface area contributed by atoms with Crippen LogP contribution in [0.2, 0.25) is 6.55 Å². The molecule has 2 fully saturated rings. The highest BCUT2D eigenvalue weighted by molar-refractivity contribution is 8.01. The second-order valence-corrected chi connectivity index (χ2v) is 14.9. The molecule has 0 unspecified atom stereocenters. The van der Waals surface area contributed by atoms with Crippen molar-refractivity contribution in [2.24, 2.45) is 11.8 Å². The minimum absolute atomic E-state index is 0.0577. The molecule has 0 spiro atoms. The van der Waals surface area contributed by atoms with Crippen molar-refractivity contribution >= 4 is 36.2 Å². The zero-order chi connectivity index (χ0) is 23.1. The molecule has 0 amide bonds. The summed E-state index contributed by atoms with van der Waals surface area (Å²) in [5, 5.41) is 2.91. The van der Waals surface area contributed by atoms with Crippen molar-refractivity contribution in [1.82, 2.24) is 0 Å². The summed E-state index contributed by atoms with van der Waals surface area (Å²) in [4.78, 5) is 12.4. The molecule has 33 heavy (non-hydrogen) atoms. The van der Waals surface area contributed by atoms with E-state index in [9.17, 15) is 4.79 Å². The van der Waals surface area contributed by atoms with E-state index in [4.69, 9.17) is 9.16 Å². The first kappa shape index (κ1) is 23.1. The fraction of sp³-hybridized carbons (Fsp3) is 0.464. The molecule has 3 aliphatic rings. The van der Waals surface area contributed by atoms with Gasteiger partial charge in [0.15, 0.2) is 0 Å². The number of ether oxygens (including phenoxy) is 1. The van der Waals surface area contributed by atoms with Gasteiger partial charge in [0, 0.05) is 11.2 Å².